The van der Waals surface area contributed by atoms with Crippen LogP contribution in [-0.4, -0.2) is 43.9 Å². The number of hydrogen-bond acceptors (Lipinski definition) is 6. The highest BCUT2D eigenvalue weighted by Crippen LogP contribution is 2.30. The second kappa shape index (κ2) is 9.94. The fourth-order valence-corrected chi connectivity index (χ4v) is 4.36. The summed E-state index contributed by atoms with van der Waals surface area (Å²) < 4.78 is 16.8. The number of carbonyl (C=O) groups excluding carboxylic acids is 1. The fourth-order valence-electron chi connectivity index (χ4n) is 3.50. The molecule has 1 fully saturated rings. The van der Waals surface area contributed by atoms with Gasteiger partial charge in [-0.15, -0.1) is 11.3 Å². The largest absolute Gasteiger partial charge is 0.497 e. The Balaban J connectivity index is 1.52. The fraction of sp³-hybridized carbons (Fsp3) is 0.333. The first-order valence-electron chi connectivity index (χ1n) is 10.3. The Kier molecular flexibility index (Phi) is 6.84. The van der Waals surface area contributed by atoms with Crippen molar-refractivity contribution in [2.75, 3.05) is 31.8 Å². The molecule has 1 atom stereocenters. The quantitative estimate of drug-likeness (QED) is 0.509. The van der Waals surface area contributed by atoms with E-state index in [9.17, 15) is 4.79 Å². The van der Waals surface area contributed by atoms with E-state index in [2.05, 4.69) is 0 Å². The van der Waals surface area contributed by atoms with E-state index in [4.69, 9.17) is 19.2 Å². The summed E-state index contributed by atoms with van der Waals surface area (Å²) in [6, 6.07) is 15.4. The lowest BCUT2D eigenvalue weighted by molar-refractivity contribution is -0.120. The van der Waals surface area contributed by atoms with Gasteiger partial charge < -0.3 is 14.2 Å². The summed E-state index contributed by atoms with van der Waals surface area (Å²) in [5, 5.41) is 2.62. The van der Waals surface area contributed by atoms with E-state index in [1.165, 1.54) is 11.3 Å². The highest BCUT2D eigenvalue weighted by atomic mass is 32.1. The SMILES string of the molecule is COc1ccc(-c2csc(N(CC3CCCO3)C(=O)COc3ccccc3C)n2)cc1. The van der Waals surface area contributed by atoms with Gasteiger partial charge in [0.25, 0.3) is 5.91 Å². The van der Waals surface area contributed by atoms with Crippen LogP contribution < -0.4 is 14.4 Å². The molecule has 1 aromatic heterocycles. The number of carbonyl (C=O) groups is 1. The first-order valence-corrected chi connectivity index (χ1v) is 11.2. The number of nitrogens with zero attached hydrogens (tertiary/aromatic N) is 2. The number of amides is 1. The van der Waals surface area contributed by atoms with Crippen LogP contribution in [-0.2, 0) is 9.53 Å². The Morgan fingerprint density at radius 1 is 1.23 bits per heavy atom. The van der Waals surface area contributed by atoms with Crippen molar-refractivity contribution in [3.63, 3.8) is 0 Å². The van der Waals surface area contributed by atoms with E-state index in [1.807, 2.05) is 60.8 Å². The van der Waals surface area contributed by atoms with Gasteiger partial charge in [-0.25, -0.2) is 4.98 Å². The summed E-state index contributed by atoms with van der Waals surface area (Å²) in [7, 11) is 1.64. The van der Waals surface area contributed by atoms with Crippen LogP contribution in [0.25, 0.3) is 11.3 Å². The molecule has 1 aliphatic rings. The molecule has 0 N–H and O–H groups in total. The molecule has 0 saturated carbocycles. The van der Waals surface area contributed by atoms with Crippen molar-refractivity contribution in [1.82, 2.24) is 4.98 Å². The third-order valence-electron chi connectivity index (χ3n) is 5.26. The van der Waals surface area contributed by atoms with Crippen LogP contribution in [0.4, 0.5) is 5.13 Å². The van der Waals surface area contributed by atoms with Crippen molar-refractivity contribution in [3.05, 3.63) is 59.5 Å². The van der Waals surface area contributed by atoms with E-state index in [0.29, 0.717) is 17.4 Å². The number of para-hydroxylation sites is 1. The minimum absolute atomic E-state index is 0.0238. The second-order valence-electron chi connectivity index (χ2n) is 7.44. The normalized spacial score (nSPS) is 15.6. The summed E-state index contributed by atoms with van der Waals surface area (Å²) >= 11 is 1.45. The molecule has 1 aliphatic heterocycles. The van der Waals surface area contributed by atoms with Crippen molar-refractivity contribution in [3.8, 4) is 22.8 Å². The average Bonchev–Trinajstić information content (AvgIpc) is 3.49. The highest BCUT2D eigenvalue weighted by Gasteiger charge is 2.26. The Morgan fingerprint density at radius 2 is 2.03 bits per heavy atom. The van der Waals surface area contributed by atoms with Crippen LogP contribution >= 0.6 is 11.3 Å². The smallest absolute Gasteiger partial charge is 0.266 e. The molecule has 1 amide bonds. The van der Waals surface area contributed by atoms with Crippen LogP contribution in [0.5, 0.6) is 11.5 Å². The molecule has 1 saturated heterocycles. The maximum Gasteiger partial charge on any atom is 0.266 e. The van der Waals surface area contributed by atoms with Crippen molar-refractivity contribution >= 4 is 22.4 Å². The van der Waals surface area contributed by atoms with Crippen LogP contribution in [0.3, 0.4) is 0 Å². The zero-order valence-electron chi connectivity index (χ0n) is 17.7. The van der Waals surface area contributed by atoms with E-state index in [1.54, 1.807) is 12.0 Å². The molecule has 2 heterocycles. The summed E-state index contributed by atoms with van der Waals surface area (Å²) in [4.78, 5) is 19.6. The number of benzene rings is 2. The number of rotatable bonds is 8. The molecular weight excluding hydrogens is 412 g/mol. The molecule has 31 heavy (non-hydrogen) atoms. The first-order chi connectivity index (χ1) is 15.1. The summed E-state index contributed by atoms with van der Waals surface area (Å²) in [6.07, 6.45) is 1.98. The zero-order valence-corrected chi connectivity index (χ0v) is 18.6. The molecule has 2 aromatic carbocycles. The Bertz CT molecular complexity index is 1010. The van der Waals surface area contributed by atoms with Gasteiger partial charge in [0, 0.05) is 17.6 Å². The number of hydrogen-bond donors (Lipinski definition) is 0. The molecular formula is C24H26N2O4S. The lowest BCUT2D eigenvalue weighted by atomic mass is 10.2. The van der Waals surface area contributed by atoms with Gasteiger partial charge in [-0.1, -0.05) is 18.2 Å². The molecule has 0 spiro atoms. The van der Waals surface area contributed by atoms with Gasteiger partial charge in [0.15, 0.2) is 11.7 Å². The lowest BCUT2D eigenvalue weighted by Crippen LogP contribution is -2.40. The average molecular weight is 439 g/mol. The summed E-state index contributed by atoms with van der Waals surface area (Å²) in [6.45, 7) is 3.13. The molecule has 0 bridgehead atoms. The molecule has 6 nitrogen and oxygen atoms in total. The molecule has 0 radical (unpaired) electrons. The summed E-state index contributed by atoms with van der Waals surface area (Å²) in [5.41, 5.74) is 2.80. The maximum atomic E-state index is 13.1. The van der Waals surface area contributed by atoms with Crippen LogP contribution in [0.1, 0.15) is 18.4 Å². The molecule has 3 aromatic rings. The van der Waals surface area contributed by atoms with Crippen molar-refractivity contribution in [2.45, 2.75) is 25.9 Å². The van der Waals surface area contributed by atoms with Gasteiger partial charge in [-0.2, -0.15) is 0 Å². The predicted molar refractivity (Wildman–Crippen MR) is 122 cm³/mol. The van der Waals surface area contributed by atoms with Crippen LogP contribution in [0.15, 0.2) is 53.9 Å². The van der Waals surface area contributed by atoms with Crippen LogP contribution in [0, 0.1) is 6.92 Å². The third kappa shape index (κ3) is 5.24. The number of aromatic nitrogens is 1. The molecule has 7 heteroatoms. The van der Waals surface area contributed by atoms with Gasteiger partial charge in [0.05, 0.1) is 25.5 Å². The van der Waals surface area contributed by atoms with Gasteiger partial charge in [-0.05, 0) is 55.7 Å². The first kappa shape index (κ1) is 21.3. The number of anilines is 1. The monoisotopic (exact) mass is 438 g/mol. The number of thiazole rings is 1. The minimum atomic E-state index is -0.130. The van der Waals surface area contributed by atoms with Crippen molar-refractivity contribution in [2.24, 2.45) is 0 Å². The Morgan fingerprint density at radius 3 is 2.74 bits per heavy atom. The number of ether oxygens (including phenoxy) is 3. The Labute approximate surface area is 186 Å². The molecule has 1 unspecified atom stereocenters. The highest BCUT2D eigenvalue weighted by molar-refractivity contribution is 7.14. The standard InChI is InChI=1S/C24H26N2O4S/c1-17-6-3-4-8-22(17)30-15-23(27)26(14-20-7-5-13-29-20)24-25-21(16-31-24)18-9-11-19(28-2)12-10-18/h3-4,6,8-12,16,20H,5,7,13-15H2,1-2H3. The molecule has 4 rings (SSSR count). The molecule has 162 valence electrons. The lowest BCUT2D eigenvalue weighted by Gasteiger charge is -2.23. The number of aryl methyl sites for hydroxylation is 1. The summed E-state index contributed by atoms with van der Waals surface area (Å²) in [5.74, 6) is 1.38. The second-order valence-corrected chi connectivity index (χ2v) is 8.27. The number of methoxy groups -OCH3 is 1. The zero-order chi connectivity index (χ0) is 21.6. The van der Waals surface area contributed by atoms with E-state index in [-0.39, 0.29) is 18.6 Å². The van der Waals surface area contributed by atoms with Crippen molar-refractivity contribution in [1.29, 1.82) is 0 Å². The van der Waals surface area contributed by atoms with E-state index in [0.717, 1.165) is 42.0 Å². The minimum Gasteiger partial charge on any atom is -0.497 e. The molecule has 0 aliphatic carbocycles. The van der Waals surface area contributed by atoms with Gasteiger partial charge in [0.2, 0.25) is 0 Å². The van der Waals surface area contributed by atoms with Gasteiger partial charge in [-0.3, -0.25) is 9.69 Å². The Hall–Kier alpha value is -2.90. The third-order valence-corrected chi connectivity index (χ3v) is 6.13. The van der Waals surface area contributed by atoms with E-state index < -0.39 is 0 Å². The van der Waals surface area contributed by atoms with Gasteiger partial charge in [0.1, 0.15) is 11.5 Å². The van der Waals surface area contributed by atoms with Gasteiger partial charge >= 0.3 is 0 Å². The topological polar surface area (TPSA) is 60.9 Å². The maximum absolute atomic E-state index is 13.1. The van der Waals surface area contributed by atoms with Crippen molar-refractivity contribution < 1.29 is 19.0 Å². The van der Waals surface area contributed by atoms with E-state index >= 15 is 0 Å². The predicted octanol–water partition coefficient (Wildman–Crippen LogP) is 4.72. The van der Waals surface area contributed by atoms with Crippen LogP contribution in [0.2, 0.25) is 0 Å².